The lowest BCUT2D eigenvalue weighted by molar-refractivity contribution is 0.686. The van der Waals surface area contributed by atoms with Crippen LogP contribution in [0.15, 0.2) is 47.2 Å². The van der Waals surface area contributed by atoms with Crippen LogP contribution >= 0.6 is 27.5 Å². The van der Waals surface area contributed by atoms with E-state index in [9.17, 15) is 0 Å². The summed E-state index contributed by atoms with van der Waals surface area (Å²) in [6.07, 6.45) is 4.60. The van der Waals surface area contributed by atoms with Gasteiger partial charge >= 0.3 is 0 Å². The van der Waals surface area contributed by atoms with Gasteiger partial charge in [-0.25, -0.2) is 4.98 Å². The predicted octanol–water partition coefficient (Wildman–Crippen LogP) is 4.18. The van der Waals surface area contributed by atoms with Crippen molar-refractivity contribution in [3.8, 4) is 0 Å². The number of benzene rings is 1. The summed E-state index contributed by atoms with van der Waals surface area (Å²) in [4.78, 5) is 8.72. The van der Waals surface area contributed by atoms with Gasteiger partial charge in [0.25, 0.3) is 0 Å². The van der Waals surface area contributed by atoms with E-state index in [0.717, 1.165) is 34.3 Å². The van der Waals surface area contributed by atoms with Gasteiger partial charge in [0.1, 0.15) is 5.82 Å². The SMILES string of the molecule is ClCc1nc2ccc(Br)cc2n1CCc1cccnc1. The molecule has 102 valence electrons. The second kappa shape index (κ2) is 5.94. The largest absolute Gasteiger partial charge is 0.327 e. The zero-order chi connectivity index (χ0) is 13.9. The van der Waals surface area contributed by atoms with Gasteiger partial charge < -0.3 is 4.57 Å². The van der Waals surface area contributed by atoms with Gasteiger partial charge in [-0.3, -0.25) is 4.98 Å². The van der Waals surface area contributed by atoms with Crippen LogP contribution in [0.3, 0.4) is 0 Å². The molecule has 2 heterocycles. The molecule has 1 aromatic carbocycles. The molecule has 0 N–H and O–H groups in total. The zero-order valence-corrected chi connectivity index (χ0v) is 13.1. The van der Waals surface area contributed by atoms with Crippen molar-refractivity contribution in [1.82, 2.24) is 14.5 Å². The van der Waals surface area contributed by atoms with E-state index in [1.807, 2.05) is 24.4 Å². The molecule has 0 radical (unpaired) electrons. The van der Waals surface area contributed by atoms with Crippen LogP contribution in [-0.2, 0) is 18.8 Å². The highest BCUT2D eigenvalue weighted by molar-refractivity contribution is 9.10. The van der Waals surface area contributed by atoms with Gasteiger partial charge in [-0.1, -0.05) is 22.0 Å². The Morgan fingerprint density at radius 3 is 2.90 bits per heavy atom. The molecular weight excluding hydrogens is 338 g/mol. The van der Waals surface area contributed by atoms with Crippen molar-refractivity contribution in [2.45, 2.75) is 18.8 Å². The van der Waals surface area contributed by atoms with Crippen LogP contribution in [0.1, 0.15) is 11.4 Å². The normalized spacial score (nSPS) is 11.1. The molecule has 0 amide bonds. The van der Waals surface area contributed by atoms with Crippen molar-refractivity contribution in [1.29, 1.82) is 0 Å². The maximum absolute atomic E-state index is 6.02. The number of imidazole rings is 1. The summed E-state index contributed by atoms with van der Waals surface area (Å²) in [6.45, 7) is 0.848. The van der Waals surface area contributed by atoms with Crippen LogP contribution in [0.4, 0.5) is 0 Å². The average Bonchev–Trinajstić information content (AvgIpc) is 2.83. The minimum Gasteiger partial charge on any atom is -0.327 e. The number of hydrogen-bond donors (Lipinski definition) is 0. The highest BCUT2D eigenvalue weighted by atomic mass is 79.9. The molecule has 0 saturated heterocycles. The van der Waals surface area contributed by atoms with Gasteiger partial charge in [0.15, 0.2) is 0 Å². The first-order valence-corrected chi connectivity index (χ1v) is 7.70. The van der Waals surface area contributed by atoms with Crippen molar-refractivity contribution >= 4 is 38.6 Å². The van der Waals surface area contributed by atoms with E-state index in [0.29, 0.717) is 5.88 Å². The molecule has 0 spiro atoms. The van der Waals surface area contributed by atoms with Crippen molar-refractivity contribution in [2.24, 2.45) is 0 Å². The first-order chi connectivity index (χ1) is 9.78. The molecule has 0 unspecified atom stereocenters. The summed E-state index contributed by atoms with van der Waals surface area (Å²) in [5.74, 6) is 1.32. The molecule has 0 aliphatic heterocycles. The summed E-state index contributed by atoms with van der Waals surface area (Å²) in [5, 5.41) is 0. The van der Waals surface area contributed by atoms with Crippen molar-refractivity contribution < 1.29 is 0 Å². The van der Waals surface area contributed by atoms with Crippen LogP contribution in [-0.4, -0.2) is 14.5 Å². The summed E-state index contributed by atoms with van der Waals surface area (Å²) >= 11 is 9.53. The Balaban J connectivity index is 1.95. The number of pyridine rings is 1. The zero-order valence-electron chi connectivity index (χ0n) is 10.8. The van der Waals surface area contributed by atoms with Gasteiger partial charge in [0.2, 0.25) is 0 Å². The molecule has 3 rings (SSSR count). The summed E-state index contributed by atoms with van der Waals surface area (Å²) < 4.78 is 3.23. The number of fused-ring (bicyclic) bond motifs is 1. The fraction of sp³-hybridized carbons (Fsp3) is 0.200. The third kappa shape index (κ3) is 2.72. The second-order valence-electron chi connectivity index (χ2n) is 4.56. The van der Waals surface area contributed by atoms with Crippen LogP contribution in [0.25, 0.3) is 11.0 Å². The maximum Gasteiger partial charge on any atom is 0.124 e. The molecule has 3 aromatic rings. The molecule has 0 fully saturated rings. The Labute approximate surface area is 130 Å². The molecule has 0 atom stereocenters. The van der Waals surface area contributed by atoms with Gasteiger partial charge in [-0.15, -0.1) is 11.6 Å². The Kier molecular flexibility index (Phi) is 4.03. The maximum atomic E-state index is 6.02. The second-order valence-corrected chi connectivity index (χ2v) is 5.74. The Morgan fingerprint density at radius 2 is 2.15 bits per heavy atom. The molecule has 0 bridgehead atoms. The highest BCUT2D eigenvalue weighted by Gasteiger charge is 2.10. The Bertz CT molecular complexity index is 725. The standard InChI is InChI=1S/C15H13BrClN3/c16-12-3-4-13-14(8-12)20(15(9-17)19-13)7-5-11-2-1-6-18-10-11/h1-4,6,8,10H,5,7,9H2. The number of nitrogens with zero attached hydrogens (tertiary/aromatic N) is 3. The Morgan fingerprint density at radius 1 is 1.25 bits per heavy atom. The van der Waals surface area contributed by atoms with E-state index >= 15 is 0 Å². The van der Waals surface area contributed by atoms with Gasteiger partial charge in [-0.2, -0.15) is 0 Å². The third-order valence-corrected chi connectivity index (χ3v) is 3.99. The molecular formula is C15H13BrClN3. The monoisotopic (exact) mass is 349 g/mol. The minimum absolute atomic E-state index is 0.416. The van der Waals surface area contributed by atoms with Crippen LogP contribution in [0.5, 0.6) is 0 Å². The summed E-state index contributed by atoms with van der Waals surface area (Å²) in [6, 6.07) is 10.1. The number of rotatable bonds is 4. The highest BCUT2D eigenvalue weighted by Crippen LogP contribution is 2.22. The number of alkyl halides is 1. The van der Waals surface area contributed by atoms with Crippen molar-refractivity contribution in [3.05, 3.63) is 58.6 Å². The fourth-order valence-electron chi connectivity index (χ4n) is 2.28. The number of hydrogen-bond acceptors (Lipinski definition) is 2. The molecule has 2 aromatic heterocycles. The Hall–Kier alpha value is -1.39. The van der Waals surface area contributed by atoms with E-state index in [4.69, 9.17) is 11.6 Å². The van der Waals surface area contributed by atoms with E-state index in [-0.39, 0.29) is 0 Å². The lowest BCUT2D eigenvalue weighted by Gasteiger charge is -2.07. The first-order valence-electron chi connectivity index (χ1n) is 6.37. The van der Waals surface area contributed by atoms with E-state index in [2.05, 4.69) is 42.6 Å². The van der Waals surface area contributed by atoms with Crippen LogP contribution < -0.4 is 0 Å². The molecule has 0 aliphatic carbocycles. The lowest BCUT2D eigenvalue weighted by atomic mass is 10.2. The molecule has 3 nitrogen and oxygen atoms in total. The fourth-order valence-corrected chi connectivity index (χ4v) is 2.84. The average molecular weight is 351 g/mol. The topological polar surface area (TPSA) is 30.7 Å². The van der Waals surface area contributed by atoms with Gasteiger partial charge in [-0.05, 0) is 36.2 Å². The third-order valence-electron chi connectivity index (χ3n) is 3.26. The van der Waals surface area contributed by atoms with Gasteiger partial charge in [0, 0.05) is 23.4 Å². The lowest BCUT2D eigenvalue weighted by Crippen LogP contribution is -2.05. The summed E-state index contributed by atoms with van der Waals surface area (Å²) in [5.41, 5.74) is 3.30. The van der Waals surface area contributed by atoms with Crippen molar-refractivity contribution in [2.75, 3.05) is 0 Å². The van der Waals surface area contributed by atoms with Crippen LogP contribution in [0, 0.1) is 0 Å². The van der Waals surface area contributed by atoms with E-state index in [1.165, 1.54) is 5.56 Å². The first kappa shape index (κ1) is 13.6. The molecule has 0 aliphatic rings. The molecule has 20 heavy (non-hydrogen) atoms. The quantitative estimate of drug-likeness (QED) is 0.661. The number of aryl methyl sites for hydroxylation is 2. The molecule has 0 saturated carbocycles. The van der Waals surface area contributed by atoms with Crippen LogP contribution in [0.2, 0.25) is 0 Å². The predicted molar refractivity (Wildman–Crippen MR) is 84.9 cm³/mol. The summed E-state index contributed by atoms with van der Waals surface area (Å²) in [7, 11) is 0. The number of halogens is 2. The minimum atomic E-state index is 0.416. The number of aromatic nitrogens is 3. The smallest absolute Gasteiger partial charge is 0.124 e. The van der Waals surface area contributed by atoms with E-state index < -0.39 is 0 Å². The molecule has 5 heteroatoms. The van der Waals surface area contributed by atoms with Gasteiger partial charge in [0.05, 0.1) is 16.9 Å². The van der Waals surface area contributed by atoms with E-state index in [1.54, 1.807) is 6.20 Å². The van der Waals surface area contributed by atoms with Crippen molar-refractivity contribution in [3.63, 3.8) is 0 Å².